The van der Waals surface area contributed by atoms with E-state index in [9.17, 15) is 4.79 Å². The second-order valence-electron chi connectivity index (χ2n) is 11.5. The zero-order valence-corrected chi connectivity index (χ0v) is 21.5. The highest BCUT2D eigenvalue weighted by molar-refractivity contribution is 6.11. The van der Waals surface area contributed by atoms with Gasteiger partial charge >= 0.3 is 6.09 Å². The molecule has 0 aromatic carbocycles. The minimum Gasteiger partial charge on any atom is -0.444 e. The van der Waals surface area contributed by atoms with Crippen LogP contribution in [0.15, 0.2) is 29.5 Å². The first-order chi connectivity index (χ1) is 17.3. The number of aromatic nitrogens is 3. The molecule has 1 amide bonds. The van der Waals surface area contributed by atoms with Gasteiger partial charge in [0.15, 0.2) is 5.84 Å². The van der Waals surface area contributed by atoms with E-state index < -0.39 is 5.60 Å². The molecule has 2 atom stereocenters. The van der Waals surface area contributed by atoms with Crippen molar-refractivity contribution in [2.45, 2.75) is 77.5 Å². The molecule has 190 valence electrons. The summed E-state index contributed by atoms with van der Waals surface area (Å²) in [7, 11) is 0. The van der Waals surface area contributed by atoms with E-state index in [4.69, 9.17) is 19.7 Å². The van der Waals surface area contributed by atoms with Gasteiger partial charge in [-0.1, -0.05) is 6.42 Å². The van der Waals surface area contributed by atoms with Gasteiger partial charge in [-0.25, -0.2) is 14.8 Å². The Balaban J connectivity index is 1.17. The summed E-state index contributed by atoms with van der Waals surface area (Å²) in [6, 6.07) is 4.23. The summed E-state index contributed by atoms with van der Waals surface area (Å²) in [5.74, 6) is 1.82. The number of amides is 1. The third-order valence-corrected chi connectivity index (χ3v) is 7.94. The van der Waals surface area contributed by atoms with Gasteiger partial charge in [-0.15, -0.1) is 0 Å². The average molecular weight is 490 g/mol. The number of ether oxygens (including phenoxy) is 1. The van der Waals surface area contributed by atoms with Crippen LogP contribution in [0, 0.1) is 5.41 Å². The molecule has 2 fully saturated rings. The highest BCUT2D eigenvalue weighted by Gasteiger charge is 2.49. The number of hydrogen-bond donors (Lipinski definition) is 1. The van der Waals surface area contributed by atoms with Gasteiger partial charge in [0.2, 0.25) is 0 Å². The van der Waals surface area contributed by atoms with Gasteiger partial charge in [-0.05, 0) is 65.0 Å². The number of rotatable bonds is 2. The number of carbonyl (C=O) groups excluding carboxylic acids is 1. The van der Waals surface area contributed by atoms with E-state index in [2.05, 4.69) is 26.2 Å². The molecule has 9 nitrogen and oxygen atoms in total. The number of amidine groups is 1. The fourth-order valence-electron chi connectivity index (χ4n) is 6.31. The Morgan fingerprint density at radius 3 is 2.92 bits per heavy atom. The highest BCUT2D eigenvalue weighted by Crippen LogP contribution is 2.46. The van der Waals surface area contributed by atoms with Crippen LogP contribution in [0.1, 0.15) is 70.0 Å². The molecule has 0 bridgehead atoms. The molecule has 5 heterocycles. The molecule has 2 aromatic heterocycles. The lowest BCUT2D eigenvalue weighted by Gasteiger charge is -2.33. The second-order valence-corrected chi connectivity index (χ2v) is 11.5. The van der Waals surface area contributed by atoms with Crippen LogP contribution >= 0.6 is 0 Å². The average Bonchev–Trinajstić information content (AvgIpc) is 3.57. The largest absolute Gasteiger partial charge is 0.444 e. The predicted octanol–water partition coefficient (Wildman–Crippen LogP) is 3.86. The fraction of sp³-hybridized carbons (Fsp3) is 0.593. The summed E-state index contributed by atoms with van der Waals surface area (Å²) in [5, 5.41) is 3.18. The maximum atomic E-state index is 12.5. The van der Waals surface area contributed by atoms with Crippen LogP contribution in [0.5, 0.6) is 0 Å². The summed E-state index contributed by atoms with van der Waals surface area (Å²) in [5.41, 5.74) is 3.64. The Labute approximate surface area is 212 Å². The molecule has 6 rings (SSSR count). The van der Waals surface area contributed by atoms with Crippen molar-refractivity contribution in [2.24, 2.45) is 10.4 Å². The van der Waals surface area contributed by atoms with Crippen molar-refractivity contribution in [3.63, 3.8) is 0 Å². The van der Waals surface area contributed by atoms with E-state index in [1.807, 2.05) is 39.2 Å². The molecule has 0 unspecified atom stereocenters. The molecule has 36 heavy (non-hydrogen) atoms. The van der Waals surface area contributed by atoms with Crippen LogP contribution in [0.3, 0.4) is 0 Å². The summed E-state index contributed by atoms with van der Waals surface area (Å²) < 4.78 is 5.54. The normalized spacial score (nSPS) is 25.1. The molecule has 1 saturated carbocycles. The van der Waals surface area contributed by atoms with Gasteiger partial charge in [0.1, 0.15) is 17.1 Å². The number of carbonyl (C=O) groups is 1. The highest BCUT2D eigenvalue weighted by atomic mass is 16.6. The Bertz CT molecular complexity index is 1210. The van der Waals surface area contributed by atoms with E-state index in [0.29, 0.717) is 6.54 Å². The molecular weight excluding hydrogens is 454 g/mol. The first-order valence-electron chi connectivity index (χ1n) is 13.2. The lowest BCUT2D eigenvalue weighted by Crippen LogP contribution is -2.47. The first-order valence-corrected chi connectivity index (χ1v) is 13.2. The van der Waals surface area contributed by atoms with Crippen molar-refractivity contribution in [3.05, 3.63) is 41.6 Å². The number of alkyl carbamates (subject to hydrolysis) is 1. The van der Waals surface area contributed by atoms with E-state index in [0.717, 1.165) is 92.6 Å². The number of pyridine rings is 1. The van der Waals surface area contributed by atoms with Gasteiger partial charge in [0.25, 0.3) is 0 Å². The molecule has 3 aliphatic heterocycles. The topological polar surface area (TPSA) is 95.8 Å². The van der Waals surface area contributed by atoms with Crippen LogP contribution < -0.4 is 15.1 Å². The zero-order valence-electron chi connectivity index (χ0n) is 21.5. The summed E-state index contributed by atoms with van der Waals surface area (Å²) >= 11 is 0. The lowest BCUT2D eigenvalue weighted by molar-refractivity contribution is 0.0467. The molecule has 2 aromatic rings. The molecule has 1 spiro atoms. The molecule has 1 N–H and O–H groups in total. The van der Waals surface area contributed by atoms with Gasteiger partial charge in [0, 0.05) is 37.3 Å². The zero-order chi connectivity index (χ0) is 24.9. The lowest BCUT2D eigenvalue weighted by atomic mass is 9.81. The van der Waals surface area contributed by atoms with Gasteiger partial charge in [-0.2, -0.15) is 0 Å². The van der Waals surface area contributed by atoms with Crippen LogP contribution in [0.2, 0.25) is 0 Å². The van der Waals surface area contributed by atoms with Crippen molar-refractivity contribution in [1.82, 2.24) is 20.3 Å². The summed E-state index contributed by atoms with van der Waals surface area (Å²) in [6.45, 7) is 8.96. The Kier molecular flexibility index (Phi) is 5.61. The van der Waals surface area contributed by atoms with Gasteiger partial charge in [0.05, 0.1) is 29.8 Å². The molecular formula is C27H35N7O2. The van der Waals surface area contributed by atoms with Crippen LogP contribution in [-0.4, -0.2) is 58.2 Å². The number of nitrogens with one attached hydrogen (secondary N) is 1. The number of aryl methyl sites for hydroxylation is 1. The first kappa shape index (κ1) is 23.2. The Hall–Kier alpha value is -3.23. The summed E-state index contributed by atoms with van der Waals surface area (Å²) in [4.78, 5) is 36.4. The maximum Gasteiger partial charge on any atom is 0.407 e. The van der Waals surface area contributed by atoms with Crippen LogP contribution in [0.4, 0.5) is 16.3 Å². The monoisotopic (exact) mass is 489 g/mol. The van der Waals surface area contributed by atoms with E-state index >= 15 is 0 Å². The number of aliphatic imine (C=N–C) groups is 1. The van der Waals surface area contributed by atoms with Crippen molar-refractivity contribution >= 4 is 23.4 Å². The minimum absolute atomic E-state index is 0.0593. The number of anilines is 2. The molecule has 0 radical (unpaired) electrons. The van der Waals surface area contributed by atoms with Gasteiger partial charge in [-0.3, -0.25) is 9.98 Å². The Morgan fingerprint density at radius 2 is 2.06 bits per heavy atom. The summed E-state index contributed by atoms with van der Waals surface area (Å²) in [6.07, 6.45) is 9.75. The second kappa shape index (κ2) is 8.71. The fourth-order valence-corrected chi connectivity index (χ4v) is 6.31. The minimum atomic E-state index is -0.495. The smallest absolute Gasteiger partial charge is 0.407 e. The van der Waals surface area contributed by atoms with E-state index in [1.165, 1.54) is 0 Å². The number of nitrogens with zero attached hydrogens (tertiary/aromatic N) is 6. The standard InChI is InChI=1S/C27H35N7O2/c1-26(2,3)36-25(35)32-21-9-4-10-27(21)11-14-33(17-27)22-16-29-23-19(31-22)15-30-24(23)34-13-6-7-18-20(34)8-5-12-28-18/h5,8,12,16,21H,4,6-7,9-11,13-15,17H2,1-3H3,(H,32,35)/t21-,27+/m1/s1. The third-order valence-electron chi connectivity index (χ3n) is 7.94. The van der Waals surface area contributed by atoms with Crippen molar-refractivity contribution in [3.8, 4) is 0 Å². The van der Waals surface area contributed by atoms with Crippen LogP contribution in [-0.2, 0) is 17.7 Å². The molecule has 4 aliphatic rings. The van der Waals surface area contributed by atoms with Crippen molar-refractivity contribution in [2.75, 3.05) is 29.4 Å². The molecule has 1 aliphatic carbocycles. The van der Waals surface area contributed by atoms with Crippen molar-refractivity contribution < 1.29 is 9.53 Å². The predicted molar refractivity (Wildman–Crippen MR) is 138 cm³/mol. The quantitative estimate of drug-likeness (QED) is 0.684. The number of hydrogen-bond acceptors (Lipinski definition) is 8. The Morgan fingerprint density at radius 1 is 1.17 bits per heavy atom. The molecule has 9 heteroatoms. The molecule has 1 saturated heterocycles. The van der Waals surface area contributed by atoms with Crippen molar-refractivity contribution in [1.29, 1.82) is 0 Å². The third kappa shape index (κ3) is 4.18. The SMILES string of the molecule is CC(C)(C)OC(=O)N[C@@H]1CCC[C@@]12CCN(c1cnc3c(n1)CN=C3N1CCCc3ncccc31)C2. The van der Waals surface area contributed by atoms with E-state index in [-0.39, 0.29) is 17.6 Å². The number of fused-ring (bicyclic) bond motifs is 2. The van der Waals surface area contributed by atoms with Crippen LogP contribution in [0.25, 0.3) is 0 Å². The van der Waals surface area contributed by atoms with E-state index in [1.54, 1.807) is 0 Å². The van der Waals surface area contributed by atoms with Gasteiger partial charge < -0.3 is 19.9 Å². The maximum absolute atomic E-state index is 12.5.